The maximum atomic E-state index is 13.5. The Labute approximate surface area is 205 Å². The van der Waals surface area contributed by atoms with Crippen LogP contribution in [0.2, 0.25) is 5.02 Å². The fourth-order valence-corrected chi connectivity index (χ4v) is 4.35. The zero-order valence-corrected chi connectivity index (χ0v) is 19.3. The van der Waals surface area contributed by atoms with E-state index in [9.17, 15) is 14.3 Å². The number of benzene rings is 2. The third-order valence-corrected chi connectivity index (χ3v) is 6.15. The van der Waals surface area contributed by atoms with E-state index in [1.54, 1.807) is 12.1 Å². The lowest BCUT2D eigenvalue weighted by molar-refractivity contribution is -0.116. The number of rotatable bonds is 6. The number of hydrogen-bond acceptors (Lipinski definition) is 8. The van der Waals surface area contributed by atoms with Gasteiger partial charge >= 0.3 is 0 Å². The first kappa shape index (κ1) is 23.4. The predicted molar refractivity (Wildman–Crippen MR) is 130 cm³/mol. The Kier molecular flexibility index (Phi) is 6.78. The second-order valence-electron chi connectivity index (χ2n) is 8.29. The predicted octanol–water partition coefficient (Wildman–Crippen LogP) is 3.47. The molecule has 0 radical (unpaired) electrons. The Hall–Kier alpha value is -3.31. The molecular formula is C24H23ClFN5O4. The average molecular weight is 500 g/mol. The molecule has 3 aromatic rings. The van der Waals surface area contributed by atoms with E-state index in [0.29, 0.717) is 42.2 Å². The highest BCUT2D eigenvalue weighted by molar-refractivity contribution is 6.31. The number of phenolic OH excluding ortho intramolecular Hbond substituents is 1. The van der Waals surface area contributed by atoms with Crippen LogP contribution in [0.4, 0.5) is 21.6 Å². The van der Waals surface area contributed by atoms with E-state index in [-0.39, 0.29) is 34.6 Å². The maximum Gasteiger partial charge on any atom is 0.248 e. The third-order valence-electron chi connectivity index (χ3n) is 5.86. The van der Waals surface area contributed by atoms with Crippen molar-refractivity contribution in [2.45, 2.75) is 12.2 Å². The van der Waals surface area contributed by atoms with Crippen LogP contribution >= 0.6 is 11.6 Å². The highest BCUT2D eigenvalue weighted by atomic mass is 35.5. The molecule has 0 aliphatic carbocycles. The fourth-order valence-electron chi connectivity index (χ4n) is 4.17. The van der Waals surface area contributed by atoms with Crippen molar-refractivity contribution in [1.82, 2.24) is 14.9 Å². The summed E-state index contributed by atoms with van der Waals surface area (Å²) in [5.41, 5.74) is 1.19. The van der Waals surface area contributed by atoms with E-state index in [4.69, 9.17) is 21.1 Å². The van der Waals surface area contributed by atoms with Crippen LogP contribution in [0.15, 0.2) is 48.8 Å². The van der Waals surface area contributed by atoms with Crippen LogP contribution in [0, 0.1) is 5.82 Å². The molecule has 0 bridgehead atoms. The van der Waals surface area contributed by atoms with Crippen LogP contribution < -0.4 is 10.6 Å². The van der Waals surface area contributed by atoms with E-state index in [1.165, 1.54) is 36.7 Å². The zero-order valence-electron chi connectivity index (χ0n) is 18.6. The molecule has 2 unspecified atom stereocenters. The van der Waals surface area contributed by atoms with E-state index >= 15 is 0 Å². The van der Waals surface area contributed by atoms with Gasteiger partial charge in [0.05, 0.1) is 41.6 Å². The second kappa shape index (κ2) is 10.1. The summed E-state index contributed by atoms with van der Waals surface area (Å²) in [7, 11) is 0. The van der Waals surface area contributed by atoms with Gasteiger partial charge in [0.25, 0.3) is 0 Å². The molecular weight excluding hydrogens is 477 g/mol. The van der Waals surface area contributed by atoms with Gasteiger partial charge < -0.3 is 25.2 Å². The molecule has 0 spiro atoms. The molecule has 1 amide bonds. The summed E-state index contributed by atoms with van der Waals surface area (Å²) < 4.78 is 24.9. The molecule has 11 heteroatoms. The zero-order chi connectivity index (χ0) is 24.4. The van der Waals surface area contributed by atoms with Gasteiger partial charge in [0.2, 0.25) is 5.91 Å². The third kappa shape index (κ3) is 5.35. The number of likely N-dealkylation sites (tertiary alicyclic amines) is 1. The van der Waals surface area contributed by atoms with Crippen molar-refractivity contribution < 1.29 is 23.8 Å². The number of amides is 1. The summed E-state index contributed by atoms with van der Waals surface area (Å²) in [6.45, 7) is 3.33. The number of aromatic nitrogens is 2. The molecule has 2 atom stereocenters. The highest BCUT2D eigenvalue weighted by Gasteiger charge is 2.35. The van der Waals surface area contributed by atoms with Gasteiger partial charge in [-0.1, -0.05) is 17.7 Å². The molecule has 2 aliphatic rings. The number of carbonyl (C=O) groups excluding carboxylic acids is 1. The number of halogens is 2. The number of aromatic hydroxyl groups is 1. The van der Waals surface area contributed by atoms with E-state index in [2.05, 4.69) is 25.5 Å². The van der Waals surface area contributed by atoms with Gasteiger partial charge in [0, 0.05) is 42.9 Å². The minimum absolute atomic E-state index is 0.0292. The highest BCUT2D eigenvalue weighted by Crippen LogP contribution is 2.33. The quantitative estimate of drug-likeness (QED) is 0.349. The summed E-state index contributed by atoms with van der Waals surface area (Å²) in [6.07, 6.45) is 4.68. The van der Waals surface area contributed by atoms with E-state index in [1.807, 2.05) is 0 Å². The van der Waals surface area contributed by atoms with Crippen molar-refractivity contribution in [3.63, 3.8) is 0 Å². The number of fused-ring (bicyclic) bond motifs is 2. The van der Waals surface area contributed by atoms with Crippen LogP contribution in [0.5, 0.6) is 5.75 Å². The number of nitrogens with zero attached hydrogens (tertiary/aromatic N) is 3. The maximum absolute atomic E-state index is 13.5. The van der Waals surface area contributed by atoms with Gasteiger partial charge in [-0.05, 0) is 24.3 Å². The van der Waals surface area contributed by atoms with E-state index in [0.717, 1.165) is 13.1 Å². The largest absolute Gasteiger partial charge is 0.506 e. The van der Waals surface area contributed by atoms with Gasteiger partial charge in [-0.25, -0.2) is 14.4 Å². The van der Waals surface area contributed by atoms with Gasteiger partial charge in [0.15, 0.2) is 0 Å². The van der Waals surface area contributed by atoms with Crippen molar-refractivity contribution in [2.75, 3.05) is 43.5 Å². The lowest BCUT2D eigenvalue weighted by Gasteiger charge is -2.24. The smallest absolute Gasteiger partial charge is 0.248 e. The molecule has 2 saturated heterocycles. The van der Waals surface area contributed by atoms with Gasteiger partial charge in [-0.15, -0.1) is 0 Å². The van der Waals surface area contributed by atoms with Gasteiger partial charge in [0.1, 0.15) is 23.7 Å². The molecule has 2 fully saturated rings. The summed E-state index contributed by atoms with van der Waals surface area (Å²) in [4.78, 5) is 23.1. The number of anilines is 3. The van der Waals surface area contributed by atoms with Crippen LogP contribution in [-0.2, 0) is 14.3 Å². The first-order chi connectivity index (χ1) is 17.0. The van der Waals surface area contributed by atoms with Crippen LogP contribution in [0.25, 0.3) is 10.9 Å². The summed E-state index contributed by atoms with van der Waals surface area (Å²) in [6, 6.07) is 7.21. The molecule has 5 rings (SSSR count). The normalized spacial score (nSPS) is 20.3. The minimum Gasteiger partial charge on any atom is -0.506 e. The van der Waals surface area contributed by atoms with E-state index < -0.39 is 5.82 Å². The van der Waals surface area contributed by atoms with Crippen molar-refractivity contribution in [3.8, 4) is 5.75 Å². The van der Waals surface area contributed by atoms with Gasteiger partial charge in [-0.3, -0.25) is 9.69 Å². The Bertz CT molecular complexity index is 1280. The molecule has 2 aliphatic heterocycles. The molecule has 3 heterocycles. The first-order valence-corrected chi connectivity index (χ1v) is 11.5. The molecule has 1 aromatic heterocycles. The number of phenols is 1. The van der Waals surface area contributed by atoms with Crippen molar-refractivity contribution in [2.24, 2.45) is 0 Å². The summed E-state index contributed by atoms with van der Waals surface area (Å²) in [5, 5.41) is 16.7. The van der Waals surface area contributed by atoms with Crippen molar-refractivity contribution >= 4 is 45.6 Å². The molecule has 182 valence electrons. The summed E-state index contributed by atoms with van der Waals surface area (Å²) in [5.74, 6) is -0.645. The van der Waals surface area contributed by atoms with Gasteiger partial charge in [-0.2, -0.15) is 0 Å². The van der Waals surface area contributed by atoms with Crippen molar-refractivity contribution in [3.05, 3.63) is 59.7 Å². The second-order valence-corrected chi connectivity index (χ2v) is 8.70. The SMILES string of the molecule is O=C(/C=C/CN1CC2OCCOC2C1)Nc1cc2c(Nc3ccc(F)c(Cl)c3)ncnc2cc1O. The van der Waals surface area contributed by atoms with Crippen LogP contribution in [-0.4, -0.2) is 70.9 Å². The lowest BCUT2D eigenvalue weighted by Crippen LogP contribution is -2.36. The topological polar surface area (TPSA) is 109 Å². The Morgan fingerprint density at radius 2 is 1.97 bits per heavy atom. The lowest BCUT2D eigenvalue weighted by atomic mass is 10.2. The number of carbonyl (C=O) groups is 1. The minimum atomic E-state index is -0.530. The summed E-state index contributed by atoms with van der Waals surface area (Å²) >= 11 is 5.87. The first-order valence-electron chi connectivity index (χ1n) is 11.1. The monoisotopic (exact) mass is 499 g/mol. The number of ether oxygens (including phenoxy) is 2. The Morgan fingerprint density at radius 3 is 2.71 bits per heavy atom. The molecule has 35 heavy (non-hydrogen) atoms. The van der Waals surface area contributed by atoms with Crippen LogP contribution in [0.3, 0.4) is 0 Å². The fraction of sp³-hybridized carbons (Fsp3) is 0.292. The standard InChI is InChI=1S/C24H23ClFN5O4/c25-16-8-14(3-4-17(16)26)29-24-15-9-19(20(32)10-18(15)27-13-28-24)30-23(33)2-1-5-31-11-21-22(12-31)35-7-6-34-21/h1-4,8-10,13,21-22,32H,5-7,11-12H2,(H,30,33)(H,27,28,29)/b2-1+. The Balaban J connectivity index is 1.27. The molecule has 9 nitrogen and oxygen atoms in total. The Morgan fingerprint density at radius 1 is 1.20 bits per heavy atom. The van der Waals surface area contributed by atoms with Crippen molar-refractivity contribution in [1.29, 1.82) is 0 Å². The molecule has 0 saturated carbocycles. The number of hydrogen-bond donors (Lipinski definition) is 3. The van der Waals surface area contributed by atoms with Crippen LogP contribution in [0.1, 0.15) is 0 Å². The number of nitrogens with one attached hydrogen (secondary N) is 2. The molecule has 3 N–H and O–H groups in total. The average Bonchev–Trinajstić information content (AvgIpc) is 3.25. The molecule has 2 aromatic carbocycles.